The van der Waals surface area contributed by atoms with Crippen LogP contribution in [0.4, 0.5) is 0 Å². The third-order valence-electron chi connectivity index (χ3n) is 5.49. The summed E-state index contributed by atoms with van der Waals surface area (Å²) in [5.74, 6) is -0.0153. The average Bonchev–Trinajstić information content (AvgIpc) is 2.73. The van der Waals surface area contributed by atoms with Gasteiger partial charge in [0.05, 0.1) is 12.5 Å². The van der Waals surface area contributed by atoms with Gasteiger partial charge in [-0.25, -0.2) is 0 Å². The zero-order valence-electron chi connectivity index (χ0n) is 17.4. The third kappa shape index (κ3) is 5.91. The van der Waals surface area contributed by atoms with Crippen molar-refractivity contribution in [2.45, 2.75) is 45.3 Å². The topological polar surface area (TPSA) is 52.7 Å². The van der Waals surface area contributed by atoms with Crippen LogP contribution in [0.2, 0.25) is 0 Å². The van der Waals surface area contributed by atoms with Crippen molar-refractivity contribution in [3.8, 4) is 0 Å². The number of nitrogens with one attached hydrogen (secondary N) is 1. The summed E-state index contributed by atoms with van der Waals surface area (Å²) in [6, 6.07) is 20.1. The highest BCUT2D eigenvalue weighted by Crippen LogP contribution is 2.16. The van der Waals surface area contributed by atoms with Gasteiger partial charge >= 0.3 is 0 Å². The molecule has 0 bridgehead atoms. The highest BCUT2D eigenvalue weighted by atomic mass is 16.2. The standard InChI is InChI=1S/C24H31N3O2/c1-19(2)27-16-14-25-24(29)22(27)17-23(28)26(18-21-11-7-4-8-12-21)15-13-20-9-5-3-6-10-20/h3-12,19,22H,13-18H2,1-2H3,(H,25,29)/t22-/m1/s1. The smallest absolute Gasteiger partial charge is 0.237 e. The fraction of sp³-hybridized carbons (Fsp3) is 0.417. The number of hydrogen-bond acceptors (Lipinski definition) is 3. The predicted molar refractivity (Wildman–Crippen MR) is 115 cm³/mol. The molecule has 1 aliphatic heterocycles. The molecule has 0 aromatic heterocycles. The summed E-state index contributed by atoms with van der Waals surface area (Å²) in [6.45, 7) is 6.77. The molecule has 2 aromatic rings. The summed E-state index contributed by atoms with van der Waals surface area (Å²) in [6.07, 6.45) is 1.01. The highest BCUT2D eigenvalue weighted by molar-refractivity contribution is 5.89. The van der Waals surface area contributed by atoms with Gasteiger partial charge in [-0.2, -0.15) is 0 Å². The van der Waals surface area contributed by atoms with E-state index in [2.05, 4.69) is 36.2 Å². The molecular weight excluding hydrogens is 362 g/mol. The van der Waals surface area contributed by atoms with Gasteiger partial charge in [-0.1, -0.05) is 60.7 Å². The lowest BCUT2D eigenvalue weighted by atomic mass is 10.0. The monoisotopic (exact) mass is 393 g/mol. The maximum Gasteiger partial charge on any atom is 0.237 e. The van der Waals surface area contributed by atoms with Crippen molar-refractivity contribution in [3.63, 3.8) is 0 Å². The first-order valence-electron chi connectivity index (χ1n) is 10.4. The minimum atomic E-state index is -0.397. The maximum absolute atomic E-state index is 13.3. The molecule has 0 aliphatic carbocycles. The molecule has 1 heterocycles. The Morgan fingerprint density at radius 3 is 2.31 bits per heavy atom. The van der Waals surface area contributed by atoms with Gasteiger partial charge in [-0.3, -0.25) is 14.5 Å². The van der Waals surface area contributed by atoms with Gasteiger partial charge in [-0.05, 0) is 31.4 Å². The molecule has 0 saturated carbocycles. The van der Waals surface area contributed by atoms with Crippen molar-refractivity contribution in [3.05, 3.63) is 71.8 Å². The number of rotatable bonds is 8. The van der Waals surface area contributed by atoms with Crippen LogP contribution >= 0.6 is 0 Å². The minimum absolute atomic E-state index is 0.0254. The van der Waals surface area contributed by atoms with Crippen molar-refractivity contribution in [2.24, 2.45) is 0 Å². The Labute approximate surface area is 173 Å². The first-order valence-corrected chi connectivity index (χ1v) is 10.4. The molecule has 2 aromatic carbocycles. The quantitative estimate of drug-likeness (QED) is 0.750. The van der Waals surface area contributed by atoms with Crippen molar-refractivity contribution in [1.29, 1.82) is 0 Å². The van der Waals surface area contributed by atoms with Crippen molar-refractivity contribution >= 4 is 11.8 Å². The van der Waals surface area contributed by atoms with E-state index in [1.165, 1.54) is 5.56 Å². The number of piperazine rings is 1. The molecule has 5 nitrogen and oxygen atoms in total. The van der Waals surface area contributed by atoms with Crippen molar-refractivity contribution in [2.75, 3.05) is 19.6 Å². The molecule has 154 valence electrons. The van der Waals surface area contributed by atoms with E-state index in [0.29, 0.717) is 19.6 Å². The van der Waals surface area contributed by atoms with E-state index in [4.69, 9.17) is 0 Å². The second-order valence-electron chi connectivity index (χ2n) is 7.88. The predicted octanol–water partition coefficient (Wildman–Crippen LogP) is 2.86. The van der Waals surface area contributed by atoms with Crippen molar-refractivity contribution in [1.82, 2.24) is 15.1 Å². The van der Waals surface area contributed by atoms with E-state index < -0.39 is 6.04 Å². The van der Waals surface area contributed by atoms with Gasteiger partial charge in [0.1, 0.15) is 0 Å². The largest absolute Gasteiger partial charge is 0.353 e. The summed E-state index contributed by atoms with van der Waals surface area (Å²) in [4.78, 5) is 29.8. The second kappa shape index (κ2) is 10.2. The maximum atomic E-state index is 13.3. The zero-order chi connectivity index (χ0) is 20.6. The third-order valence-corrected chi connectivity index (χ3v) is 5.49. The molecule has 1 saturated heterocycles. The van der Waals surface area contributed by atoms with Crippen LogP contribution in [0.25, 0.3) is 0 Å². The lowest BCUT2D eigenvalue weighted by molar-refractivity contribution is -0.140. The summed E-state index contributed by atoms with van der Waals surface area (Å²) >= 11 is 0. The normalized spacial score (nSPS) is 17.2. The number of carbonyl (C=O) groups excluding carboxylic acids is 2. The summed E-state index contributed by atoms with van der Waals surface area (Å²) < 4.78 is 0. The van der Waals surface area contributed by atoms with Crippen LogP contribution in [-0.4, -0.2) is 53.3 Å². The Balaban J connectivity index is 1.72. The van der Waals surface area contributed by atoms with E-state index in [1.54, 1.807) is 0 Å². The Morgan fingerprint density at radius 1 is 1.07 bits per heavy atom. The first kappa shape index (κ1) is 21.1. The fourth-order valence-electron chi connectivity index (χ4n) is 3.86. The molecule has 0 spiro atoms. The molecular formula is C24H31N3O2. The molecule has 1 atom stereocenters. The zero-order valence-corrected chi connectivity index (χ0v) is 17.4. The molecule has 1 N–H and O–H groups in total. The van der Waals surface area contributed by atoms with Gasteiger partial charge in [-0.15, -0.1) is 0 Å². The summed E-state index contributed by atoms with van der Waals surface area (Å²) in [5, 5.41) is 2.92. The Hall–Kier alpha value is -2.66. The molecule has 5 heteroatoms. The lowest BCUT2D eigenvalue weighted by Crippen LogP contribution is -2.58. The molecule has 1 fully saturated rings. The summed E-state index contributed by atoms with van der Waals surface area (Å²) in [5.41, 5.74) is 2.31. The molecule has 2 amide bonds. The van der Waals surface area contributed by atoms with Crippen molar-refractivity contribution < 1.29 is 9.59 Å². The highest BCUT2D eigenvalue weighted by Gasteiger charge is 2.34. The van der Waals surface area contributed by atoms with Crippen LogP contribution in [0.15, 0.2) is 60.7 Å². The first-order chi connectivity index (χ1) is 14.0. The van der Waals surface area contributed by atoms with Gasteiger partial charge in [0.2, 0.25) is 11.8 Å². The molecule has 29 heavy (non-hydrogen) atoms. The number of nitrogens with zero attached hydrogens (tertiary/aromatic N) is 2. The Morgan fingerprint density at radius 2 is 1.69 bits per heavy atom. The molecule has 3 rings (SSSR count). The Bertz CT molecular complexity index is 792. The SMILES string of the molecule is CC(C)N1CCNC(=O)[C@H]1CC(=O)N(CCc1ccccc1)Cc1ccccc1. The van der Waals surface area contributed by atoms with E-state index >= 15 is 0 Å². The Kier molecular flexibility index (Phi) is 7.42. The second-order valence-corrected chi connectivity index (χ2v) is 7.88. The molecule has 1 aliphatic rings. The number of benzene rings is 2. The van der Waals surface area contributed by atoms with Crippen LogP contribution in [0.1, 0.15) is 31.4 Å². The number of amides is 2. The van der Waals surface area contributed by atoms with Gasteiger partial charge in [0, 0.05) is 32.2 Å². The van der Waals surface area contributed by atoms with E-state index in [-0.39, 0.29) is 24.3 Å². The van der Waals surface area contributed by atoms with Crippen LogP contribution in [0.3, 0.4) is 0 Å². The fourth-order valence-corrected chi connectivity index (χ4v) is 3.86. The van der Waals surface area contributed by atoms with Gasteiger partial charge in [0.15, 0.2) is 0 Å². The number of hydrogen-bond donors (Lipinski definition) is 1. The molecule has 0 unspecified atom stereocenters. The van der Waals surface area contributed by atoms with E-state index in [1.807, 2.05) is 53.4 Å². The minimum Gasteiger partial charge on any atom is -0.353 e. The number of carbonyl (C=O) groups is 2. The van der Waals surface area contributed by atoms with Crippen LogP contribution in [0, 0.1) is 0 Å². The summed E-state index contributed by atoms with van der Waals surface area (Å²) in [7, 11) is 0. The van der Waals surface area contributed by atoms with Gasteiger partial charge < -0.3 is 10.2 Å². The average molecular weight is 394 g/mol. The lowest BCUT2D eigenvalue weighted by Gasteiger charge is -2.38. The van der Waals surface area contributed by atoms with E-state index in [9.17, 15) is 9.59 Å². The van der Waals surface area contributed by atoms with Crippen LogP contribution in [0.5, 0.6) is 0 Å². The van der Waals surface area contributed by atoms with Crippen LogP contribution < -0.4 is 5.32 Å². The molecule has 0 radical (unpaired) electrons. The van der Waals surface area contributed by atoms with E-state index in [0.717, 1.165) is 18.5 Å². The van der Waals surface area contributed by atoms with Crippen LogP contribution in [-0.2, 0) is 22.6 Å². The van der Waals surface area contributed by atoms with Gasteiger partial charge in [0.25, 0.3) is 0 Å².